The number of sulfone groups is 1. The Hall–Kier alpha value is -2.40. The molecule has 7 nitrogen and oxygen atoms in total. The fraction of sp³-hybridized carbons (Fsp3) is 0.471. The fourth-order valence-corrected chi connectivity index (χ4v) is 4.51. The van der Waals surface area contributed by atoms with E-state index in [-0.39, 0.29) is 23.1 Å². The minimum atomic E-state index is -3.11. The minimum absolute atomic E-state index is 0.0447. The van der Waals surface area contributed by atoms with Gasteiger partial charge in [0.05, 0.1) is 28.7 Å². The first kappa shape index (κ1) is 18.9. The molecule has 1 fully saturated rings. The maximum absolute atomic E-state index is 12.4. The molecule has 1 aromatic rings. The molecule has 1 heterocycles. The van der Waals surface area contributed by atoms with Crippen LogP contribution in [0, 0.1) is 11.3 Å². The van der Waals surface area contributed by atoms with Crippen LogP contribution < -0.4 is 0 Å². The van der Waals surface area contributed by atoms with Gasteiger partial charge in [-0.2, -0.15) is 5.26 Å². The average Bonchev–Trinajstić information content (AvgIpc) is 2.96. The molecule has 1 atom stereocenters. The molecule has 1 aromatic carbocycles. The molecule has 8 heteroatoms. The molecule has 0 radical (unpaired) electrons. The Morgan fingerprint density at radius 2 is 2.16 bits per heavy atom. The van der Waals surface area contributed by atoms with Gasteiger partial charge < -0.3 is 9.64 Å². The number of esters is 1. The molecule has 0 N–H and O–H groups in total. The van der Waals surface area contributed by atoms with Gasteiger partial charge in [0.15, 0.2) is 16.4 Å². The van der Waals surface area contributed by atoms with Crippen LogP contribution in [0.1, 0.15) is 35.7 Å². The summed E-state index contributed by atoms with van der Waals surface area (Å²) in [4.78, 5) is 25.9. The SMILES string of the molecule is CCCN(C(=O)COC(=O)c1cccc(C#N)c1)[C@H]1CCS(=O)(=O)C1. The molecule has 1 aliphatic rings. The number of hydrogen-bond acceptors (Lipinski definition) is 6. The van der Waals surface area contributed by atoms with E-state index in [0.29, 0.717) is 24.9 Å². The van der Waals surface area contributed by atoms with Crippen molar-refractivity contribution in [1.82, 2.24) is 4.90 Å². The van der Waals surface area contributed by atoms with Gasteiger partial charge in [0.25, 0.3) is 5.91 Å². The van der Waals surface area contributed by atoms with Gasteiger partial charge in [0.2, 0.25) is 0 Å². The third kappa shape index (κ3) is 5.03. The van der Waals surface area contributed by atoms with Crippen molar-refractivity contribution in [1.29, 1.82) is 5.26 Å². The number of nitriles is 1. The number of nitrogens with zero attached hydrogens (tertiary/aromatic N) is 2. The second-order valence-electron chi connectivity index (χ2n) is 5.91. The van der Waals surface area contributed by atoms with Crippen molar-refractivity contribution in [3.63, 3.8) is 0 Å². The van der Waals surface area contributed by atoms with Crippen molar-refractivity contribution >= 4 is 21.7 Å². The van der Waals surface area contributed by atoms with E-state index >= 15 is 0 Å². The van der Waals surface area contributed by atoms with E-state index in [2.05, 4.69) is 0 Å². The molecule has 134 valence electrons. The number of carbonyl (C=O) groups excluding carboxylic acids is 2. The van der Waals surface area contributed by atoms with Crippen LogP contribution in [0.2, 0.25) is 0 Å². The first-order chi connectivity index (χ1) is 11.9. The van der Waals surface area contributed by atoms with Crippen LogP contribution in [0.5, 0.6) is 0 Å². The maximum Gasteiger partial charge on any atom is 0.338 e. The normalized spacial score (nSPS) is 18.3. The van der Waals surface area contributed by atoms with Gasteiger partial charge in [0, 0.05) is 12.6 Å². The fourth-order valence-electron chi connectivity index (χ4n) is 2.78. The Morgan fingerprint density at radius 3 is 2.76 bits per heavy atom. The van der Waals surface area contributed by atoms with Crippen LogP contribution in [-0.2, 0) is 19.4 Å². The molecule has 0 aliphatic carbocycles. The van der Waals surface area contributed by atoms with Crippen LogP contribution in [0.25, 0.3) is 0 Å². The Bertz CT molecular complexity index is 798. The van der Waals surface area contributed by atoms with E-state index < -0.39 is 28.3 Å². The topological polar surface area (TPSA) is 105 Å². The van der Waals surface area contributed by atoms with Crippen molar-refractivity contribution in [2.24, 2.45) is 0 Å². The Labute approximate surface area is 147 Å². The zero-order valence-electron chi connectivity index (χ0n) is 14.0. The summed E-state index contributed by atoms with van der Waals surface area (Å²) in [6.45, 7) is 1.86. The lowest BCUT2D eigenvalue weighted by Gasteiger charge is -2.27. The van der Waals surface area contributed by atoms with Gasteiger partial charge >= 0.3 is 5.97 Å². The quantitative estimate of drug-likeness (QED) is 0.701. The molecule has 0 aromatic heterocycles. The highest BCUT2D eigenvalue weighted by atomic mass is 32.2. The third-order valence-electron chi connectivity index (χ3n) is 3.99. The van der Waals surface area contributed by atoms with Crippen molar-refractivity contribution in [2.45, 2.75) is 25.8 Å². The van der Waals surface area contributed by atoms with E-state index in [1.807, 2.05) is 13.0 Å². The molecule has 0 spiro atoms. The molecule has 0 unspecified atom stereocenters. The Kier molecular flexibility index (Phi) is 6.15. The predicted molar refractivity (Wildman–Crippen MR) is 90.5 cm³/mol. The van der Waals surface area contributed by atoms with Crippen LogP contribution >= 0.6 is 0 Å². The molecule has 0 saturated carbocycles. The van der Waals surface area contributed by atoms with Gasteiger partial charge in [0.1, 0.15) is 0 Å². The summed E-state index contributed by atoms with van der Waals surface area (Å²) >= 11 is 0. The zero-order chi connectivity index (χ0) is 18.4. The molecule has 25 heavy (non-hydrogen) atoms. The van der Waals surface area contributed by atoms with Crippen LogP contribution in [0.15, 0.2) is 24.3 Å². The van der Waals surface area contributed by atoms with Gasteiger partial charge in [-0.15, -0.1) is 0 Å². The lowest BCUT2D eigenvalue weighted by atomic mass is 10.1. The lowest BCUT2D eigenvalue weighted by molar-refractivity contribution is -0.136. The largest absolute Gasteiger partial charge is 0.452 e. The van der Waals surface area contributed by atoms with Crippen molar-refractivity contribution < 1.29 is 22.7 Å². The summed E-state index contributed by atoms with van der Waals surface area (Å²) in [5.74, 6) is -1.07. The molecular formula is C17H20N2O5S. The second kappa shape index (κ2) is 8.12. The number of rotatable bonds is 6. The summed E-state index contributed by atoms with van der Waals surface area (Å²) < 4.78 is 28.3. The number of benzene rings is 1. The summed E-state index contributed by atoms with van der Waals surface area (Å²) in [6.07, 6.45) is 1.09. The minimum Gasteiger partial charge on any atom is -0.452 e. The highest BCUT2D eigenvalue weighted by Crippen LogP contribution is 2.18. The standard InChI is InChI=1S/C17H20N2O5S/c1-2-7-19(15-6-8-25(22,23)12-15)16(20)11-24-17(21)14-5-3-4-13(9-14)10-18/h3-5,9,15H,2,6-8,11-12H2,1H3/t15-/m0/s1. The predicted octanol–water partition coefficient (Wildman–Crippen LogP) is 1.14. The summed E-state index contributed by atoms with van der Waals surface area (Å²) in [7, 11) is -3.11. The number of amides is 1. The molecular weight excluding hydrogens is 344 g/mol. The van der Waals surface area contributed by atoms with Crippen LogP contribution in [0.3, 0.4) is 0 Å². The van der Waals surface area contributed by atoms with E-state index in [1.54, 1.807) is 12.1 Å². The number of carbonyl (C=O) groups is 2. The van der Waals surface area contributed by atoms with E-state index in [1.165, 1.54) is 17.0 Å². The van der Waals surface area contributed by atoms with Gasteiger partial charge in [-0.25, -0.2) is 13.2 Å². The van der Waals surface area contributed by atoms with Crippen LogP contribution in [-0.4, -0.2) is 55.9 Å². The Morgan fingerprint density at radius 1 is 1.40 bits per heavy atom. The molecule has 1 saturated heterocycles. The van der Waals surface area contributed by atoms with Crippen molar-refractivity contribution in [2.75, 3.05) is 24.7 Å². The highest BCUT2D eigenvalue weighted by molar-refractivity contribution is 7.91. The lowest BCUT2D eigenvalue weighted by Crippen LogP contribution is -2.43. The summed E-state index contributed by atoms with van der Waals surface area (Å²) in [6, 6.07) is 7.57. The molecule has 1 amide bonds. The van der Waals surface area contributed by atoms with E-state index in [4.69, 9.17) is 10.00 Å². The van der Waals surface area contributed by atoms with E-state index in [0.717, 1.165) is 0 Å². The third-order valence-corrected chi connectivity index (χ3v) is 5.74. The summed E-state index contributed by atoms with van der Waals surface area (Å²) in [5, 5.41) is 8.85. The maximum atomic E-state index is 12.4. The Balaban J connectivity index is 1.99. The molecule has 2 rings (SSSR count). The second-order valence-corrected chi connectivity index (χ2v) is 8.14. The summed E-state index contributed by atoms with van der Waals surface area (Å²) in [5.41, 5.74) is 0.516. The van der Waals surface area contributed by atoms with Gasteiger partial charge in [-0.3, -0.25) is 4.79 Å². The van der Waals surface area contributed by atoms with Gasteiger partial charge in [-0.1, -0.05) is 13.0 Å². The highest BCUT2D eigenvalue weighted by Gasteiger charge is 2.34. The first-order valence-electron chi connectivity index (χ1n) is 8.03. The van der Waals surface area contributed by atoms with Crippen LogP contribution in [0.4, 0.5) is 0 Å². The molecule has 0 bridgehead atoms. The van der Waals surface area contributed by atoms with Crippen molar-refractivity contribution in [3.05, 3.63) is 35.4 Å². The van der Waals surface area contributed by atoms with E-state index in [9.17, 15) is 18.0 Å². The number of ether oxygens (including phenoxy) is 1. The van der Waals surface area contributed by atoms with Crippen molar-refractivity contribution in [3.8, 4) is 6.07 Å². The number of hydrogen-bond donors (Lipinski definition) is 0. The first-order valence-corrected chi connectivity index (χ1v) is 9.85. The zero-order valence-corrected chi connectivity index (χ0v) is 14.8. The smallest absolute Gasteiger partial charge is 0.338 e. The van der Waals surface area contributed by atoms with Gasteiger partial charge in [-0.05, 0) is 31.0 Å². The molecule has 1 aliphatic heterocycles. The monoisotopic (exact) mass is 364 g/mol. The average molecular weight is 364 g/mol.